The smallest absolute Gasteiger partial charge is 0.323 e. The van der Waals surface area contributed by atoms with Crippen molar-refractivity contribution in [2.75, 3.05) is 0 Å². The molecule has 2 heterocycles. The summed E-state index contributed by atoms with van der Waals surface area (Å²) in [7, 11) is 0. The maximum absolute atomic E-state index is 12.7. The first-order valence-electron chi connectivity index (χ1n) is 7.16. The highest BCUT2D eigenvalue weighted by molar-refractivity contribution is 7.19. The monoisotopic (exact) mass is 328 g/mol. The lowest BCUT2D eigenvalue weighted by Gasteiger charge is -2.07. The summed E-state index contributed by atoms with van der Waals surface area (Å²) in [4.78, 5) is 29.5. The fraction of sp³-hybridized carbons (Fsp3) is 0.235. The van der Waals surface area contributed by atoms with E-state index < -0.39 is 5.97 Å². The third kappa shape index (κ3) is 2.66. The Labute approximate surface area is 136 Å². The van der Waals surface area contributed by atoms with Crippen LogP contribution in [-0.4, -0.2) is 20.6 Å². The van der Waals surface area contributed by atoms with E-state index in [0.29, 0.717) is 10.2 Å². The van der Waals surface area contributed by atoms with Crippen LogP contribution in [-0.2, 0) is 11.3 Å². The van der Waals surface area contributed by atoms with E-state index in [1.807, 2.05) is 32.9 Å². The zero-order valence-corrected chi connectivity index (χ0v) is 13.9. The molecule has 0 fully saturated rings. The molecule has 5 nitrogen and oxygen atoms in total. The van der Waals surface area contributed by atoms with E-state index in [1.54, 1.807) is 0 Å². The van der Waals surface area contributed by atoms with E-state index in [4.69, 9.17) is 5.11 Å². The number of aliphatic carboxylic acids is 1. The van der Waals surface area contributed by atoms with Crippen molar-refractivity contribution in [1.82, 2.24) is 9.55 Å². The number of benzene rings is 1. The summed E-state index contributed by atoms with van der Waals surface area (Å²) in [5.41, 5.74) is 3.84. The van der Waals surface area contributed by atoms with Gasteiger partial charge < -0.3 is 5.11 Å². The summed E-state index contributed by atoms with van der Waals surface area (Å²) in [5, 5.41) is 9.44. The topological polar surface area (TPSA) is 72.2 Å². The molecule has 3 aromatic rings. The summed E-state index contributed by atoms with van der Waals surface area (Å²) in [6.07, 6.45) is 1.30. The maximum atomic E-state index is 12.7. The van der Waals surface area contributed by atoms with Gasteiger partial charge in [0.15, 0.2) is 0 Å². The molecule has 23 heavy (non-hydrogen) atoms. The summed E-state index contributed by atoms with van der Waals surface area (Å²) in [6, 6.07) is 6.07. The van der Waals surface area contributed by atoms with Gasteiger partial charge in [-0.2, -0.15) is 0 Å². The number of rotatable bonds is 3. The molecule has 0 amide bonds. The summed E-state index contributed by atoms with van der Waals surface area (Å²) in [5.74, 6) is -1.06. The lowest BCUT2D eigenvalue weighted by molar-refractivity contribution is -0.137. The normalized spacial score (nSPS) is 11.1. The van der Waals surface area contributed by atoms with E-state index >= 15 is 0 Å². The minimum atomic E-state index is -1.06. The van der Waals surface area contributed by atoms with Crippen molar-refractivity contribution in [2.24, 2.45) is 0 Å². The van der Waals surface area contributed by atoms with Crippen LogP contribution in [0.2, 0.25) is 0 Å². The number of carbonyl (C=O) groups is 1. The zero-order chi connectivity index (χ0) is 16.7. The summed E-state index contributed by atoms with van der Waals surface area (Å²) in [6.45, 7) is 5.64. The molecular weight excluding hydrogens is 312 g/mol. The second-order valence-electron chi connectivity index (χ2n) is 5.58. The van der Waals surface area contributed by atoms with Gasteiger partial charge in [0.2, 0.25) is 0 Å². The van der Waals surface area contributed by atoms with Crippen LogP contribution >= 0.6 is 11.3 Å². The number of carboxylic acids is 1. The Kier molecular flexibility index (Phi) is 3.77. The Morgan fingerprint density at radius 1 is 1.26 bits per heavy atom. The molecule has 0 aliphatic carbocycles. The highest BCUT2D eigenvalue weighted by atomic mass is 32.1. The van der Waals surface area contributed by atoms with Crippen molar-refractivity contribution < 1.29 is 9.90 Å². The SMILES string of the molecule is Cc1ccc(-c2c(C)sc3ncn(CC(=O)O)c(=O)c23)cc1C. The van der Waals surface area contributed by atoms with Gasteiger partial charge >= 0.3 is 5.97 Å². The van der Waals surface area contributed by atoms with Crippen molar-refractivity contribution in [1.29, 1.82) is 0 Å². The first-order valence-corrected chi connectivity index (χ1v) is 7.98. The Morgan fingerprint density at radius 3 is 2.65 bits per heavy atom. The highest BCUT2D eigenvalue weighted by Gasteiger charge is 2.17. The van der Waals surface area contributed by atoms with Gasteiger partial charge in [0.1, 0.15) is 11.4 Å². The summed E-state index contributed by atoms with van der Waals surface area (Å²) >= 11 is 1.45. The number of hydrogen-bond acceptors (Lipinski definition) is 4. The average molecular weight is 328 g/mol. The minimum Gasteiger partial charge on any atom is -0.480 e. The van der Waals surface area contributed by atoms with Gasteiger partial charge in [0.25, 0.3) is 5.56 Å². The van der Waals surface area contributed by atoms with Crippen molar-refractivity contribution in [2.45, 2.75) is 27.3 Å². The van der Waals surface area contributed by atoms with Crippen LogP contribution in [0.3, 0.4) is 0 Å². The van der Waals surface area contributed by atoms with Crippen LogP contribution in [0, 0.1) is 20.8 Å². The van der Waals surface area contributed by atoms with Crippen LogP contribution < -0.4 is 5.56 Å². The number of carboxylic acid groups (broad SMARTS) is 1. The second-order valence-corrected chi connectivity index (χ2v) is 6.79. The molecule has 0 unspecified atom stereocenters. The Balaban J connectivity index is 2.31. The molecular formula is C17H16N2O3S. The predicted molar refractivity (Wildman–Crippen MR) is 91.2 cm³/mol. The first-order chi connectivity index (χ1) is 10.9. The quantitative estimate of drug-likeness (QED) is 0.802. The van der Waals surface area contributed by atoms with E-state index in [0.717, 1.165) is 26.1 Å². The molecule has 0 aliphatic heterocycles. The standard InChI is InChI=1S/C17H16N2O3S/c1-9-4-5-12(6-10(9)2)14-11(3)23-16-15(14)17(22)19(8-18-16)7-13(20)21/h4-6,8H,7H2,1-3H3,(H,20,21). The van der Waals surface area contributed by atoms with Crippen LogP contribution in [0.25, 0.3) is 21.3 Å². The van der Waals surface area contributed by atoms with Gasteiger partial charge in [0.05, 0.1) is 11.7 Å². The van der Waals surface area contributed by atoms with Gasteiger partial charge in [-0.15, -0.1) is 11.3 Å². The minimum absolute atomic E-state index is 0.310. The zero-order valence-electron chi connectivity index (χ0n) is 13.1. The molecule has 2 aromatic heterocycles. The van der Waals surface area contributed by atoms with Gasteiger partial charge in [0, 0.05) is 10.4 Å². The fourth-order valence-electron chi connectivity index (χ4n) is 2.64. The molecule has 6 heteroatoms. The number of thiophene rings is 1. The van der Waals surface area contributed by atoms with E-state index in [1.165, 1.54) is 23.2 Å². The largest absolute Gasteiger partial charge is 0.480 e. The molecule has 1 aromatic carbocycles. The van der Waals surface area contributed by atoms with Crippen LogP contribution in [0.4, 0.5) is 0 Å². The lowest BCUT2D eigenvalue weighted by Crippen LogP contribution is -2.24. The summed E-state index contributed by atoms with van der Waals surface area (Å²) < 4.78 is 1.14. The molecule has 0 saturated heterocycles. The Bertz CT molecular complexity index is 985. The predicted octanol–water partition coefficient (Wildman–Crippen LogP) is 3.13. The third-order valence-electron chi connectivity index (χ3n) is 3.96. The van der Waals surface area contributed by atoms with Crippen LogP contribution in [0.5, 0.6) is 0 Å². The van der Waals surface area contributed by atoms with Gasteiger partial charge in [-0.3, -0.25) is 14.2 Å². The molecule has 3 rings (SSSR count). The van der Waals surface area contributed by atoms with E-state index in [-0.39, 0.29) is 12.1 Å². The lowest BCUT2D eigenvalue weighted by atomic mass is 9.99. The Hall–Kier alpha value is -2.47. The van der Waals surface area contributed by atoms with E-state index in [2.05, 4.69) is 11.1 Å². The van der Waals surface area contributed by atoms with Gasteiger partial charge in [-0.05, 0) is 37.5 Å². The molecule has 1 N–H and O–H groups in total. The fourth-order valence-corrected chi connectivity index (χ4v) is 3.64. The third-order valence-corrected chi connectivity index (χ3v) is 4.97. The van der Waals surface area contributed by atoms with Gasteiger partial charge in [-0.25, -0.2) is 4.98 Å². The Morgan fingerprint density at radius 2 is 2.00 bits per heavy atom. The molecule has 0 radical (unpaired) electrons. The van der Waals surface area contributed by atoms with Gasteiger partial charge in [-0.1, -0.05) is 18.2 Å². The number of fused-ring (bicyclic) bond motifs is 1. The van der Waals surface area contributed by atoms with Crippen molar-refractivity contribution >= 4 is 27.5 Å². The second kappa shape index (κ2) is 5.62. The average Bonchev–Trinajstić information content (AvgIpc) is 2.82. The molecule has 0 atom stereocenters. The number of aromatic nitrogens is 2. The number of hydrogen-bond donors (Lipinski definition) is 1. The number of aryl methyl sites for hydroxylation is 3. The van der Waals surface area contributed by atoms with Crippen molar-refractivity contribution in [3.63, 3.8) is 0 Å². The molecule has 0 saturated carbocycles. The molecule has 0 spiro atoms. The highest BCUT2D eigenvalue weighted by Crippen LogP contribution is 2.36. The maximum Gasteiger partial charge on any atom is 0.323 e. The number of nitrogens with zero attached hydrogens (tertiary/aromatic N) is 2. The van der Waals surface area contributed by atoms with Crippen molar-refractivity contribution in [3.8, 4) is 11.1 Å². The molecule has 118 valence electrons. The molecule has 0 bridgehead atoms. The van der Waals surface area contributed by atoms with E-state index in [9.17, 15) is 9.59 Å². The van der Waals surface area contributed by atoms with Crippen LogP contribution in [0.15, 0.2) is 29.3 Å². The first kappa shape index (κ1) is 15.4. The van der Waals surface area contributed by atoms with Crippen molar-refractivity contribution in [3.05, 3.63) is 50.9 Å². The molecule has 0 aliphatic rings. The van der Waals surface area contributed by atoms with Crippen LogP contribution in [0.1, 0.15) is 16.0 Å².